The molecule has 0 amide bonds. The molecule has 1 radical (unpaired) electrons. The molecule has 2 atom stereocenters. The Morgan fingerprint density at radius 3 is 2.43 bits per heavy atom. The average Bonchev–Trinajstić information content (AvgIpc) is 2.76. The van der Waals surface area contributed by atoms with E-state index in [0.29, 0.717) is 11.8 Å². The minimum absolute atomic E-state index is 0. The molecule has 0 N–H and O–H groups in total. The molecular formula is C17H16ClNOY. The number of nitrogens with zero attached hydrogens (tertiary/aromatic N) is 1. The Balaban J connectivity index is 0.00000132. The van der Waals surface area contributed by atoms with Gasteiger partial charge in [-0.05, 0) is 36.4 Å². The van der Waals surface area contributed by atoms with E-state index in [2.05, 4.69) is 36.2 Å². The zero-order valence-corrected chi connectivity index (χ0v) is 15.5. The van der Waals surface area contributed by atoms with E-state index < -0.39 is 0 Å². The van der Waals surface area contributed by atoms with Crippen molar-refractivity contribution in [3.63, 3.8) is 0 Å². The summed E-state index contributed by atoms with van der Waals surface area (Å²) < 4.78 is 6.15. The normalized spacial score (nSPS) is 23.1. The van der Waals surface area contributed by atoms with Gasteiger partial charge in [-0.1, -0.05) is 35.9 Å². The van der Waals surface area contributed by atoms with Crippen LogP contribution in [0.1, 0.15) is 23.0 Å². The van der Waals surface area contributed by atoms with Crippen molar-refractivity contribution in [2.75, 3.05) is 20.1 Å². The number of para-hydroxylation sites is 1. The first-order chi connectivity index (χ1) is 9.72. The van der Waals surface area contributed by atoms with Crippen LogP contribution in [0.15, 0.2) is 42.5 Å². The molecule has 2 aromatic rings. The van der Waals surface area contributed by atoms with Gasteiger partial charge in [0, 0.05) is 62.7 Å². The molecule has 2 aromatic carbocycles. The summed E-state index contributed by atoms with van der Waals surface area (Å²) in [6.45, 7) is 2.14. The number of halogens is 1. The minimum atomic E-state index is 0. The number of ether oxygens (including phenoxy) is 1. The van der Waals surface area contributed by atoms with Gasteiger partial charge in [0.05, 0.1) is 0 Å². The number of likely N-dealkylation sites (tertiary alicyclic amines) is 1. The van der Waals surface area contributed by atoms with E-state index in [4.69, 9.17) is 16.3 Å². The number of fused-ring (bicyclic) bond motifs is 5. The maximum atomic E-state index is 6.15. The summed E-state index contributed by atoms with van der Waals surface area (Å²) >= 11 is 6.14. The van der Waals surface area contributed by atoms with Crippen LogP contribution in [-0.4, -0.2) is 25.0 Å². The van der Waals surface area contributed by atoms with Gasteiger partial charge in [-0.15, -0.1) is 0 Å². The summed E-state index contributed by atoms with van der Waals surface area (Å²) in [5.74, 6) is 2.86. The van der Waals surface area contributed by atoms with Gasteiger partial charge in [0.25, 0.3) is 0 Å². The summed E-state index contributed by atoms with van der Waals surface area (Å²) in [4.78, 5) is 2.40. The number of rotatable bonds is 0. The Morgan fingerprint density at radius 2 is 1.67 bits per heavy atom. The van der Waals surface area contributed by atoms with Crippen molar-refractivity contribution in [3.05, 3.63) is 58.6 Å². The summed E-state index contributed by atoms with van der Waals surface area (Å²) in [5, 5.41) is 0.728. The van der Waals surface area contributed by atoms with Crippen molar-refractivity contribution in [3.8, 4) is 11.5 Å². The van der Waals surface area contributed by atoms with Crippen LogP contribution < -0.4 is 4.74 Å². The molecule has 2 aliphatic heterocycles. The van der Waals surface area contributed by atoms with Crippen molar-refractivity contribution < 1.29 is 37.4 Å². The predicted octanol–water partition coefficient (Wildman–Crippen LogP) is 4.26. The molecule has 1 saturated heterocycles. The van der Waals surface area contributed by atoms with Crippen LogP contribution in [-0.2, 0) is 32.7 Å². The van der Waals surface area contributed by atoms with Crippen molar-refractivity contribution in [1.82, 2.24) is 4.90 Å². The van der Waals surface area contributed by atoms with E-state index in [1.165, 1.54) is 11.1 Å². The van der Waals surface area contributed by atoms with Crippen molar-refractivity contribution in [2.24, 2.45) is 0 Å². The quantitative estimate of drug-likeness (QED) is 0.683. The Labute approximate surface area is 155 Å². The van der Waals surface area contributed by atoms with Crippen molar-refractivity contribution in [2.45, 2.75) is 11.8 Å². The number of likely N-dealkylation sites (N-methyl/N-ethyl adjacent to an activating group) is 1. The maximum Gasteiger partial charge on any atom is 0.132 e. The second kappa shape index (κ2) is 6.00. The van der Waals surface area contributed by atoms with Gasteiger partial charge in [0.2, 0.25) is 0 Å². The van der Waals surface area contributed by atoms with Gasteiger partial charge >= 0.3 is 0 Å². The molecular weight excluding hydrogens is 359 g/mol. The Kier molecular flexibility index (Phi) is 4.43. The zero-order valence-electron chi connectivity index (χ0n) is 11.9. The average molecular weight is 375 g/mol. The van der Waals surface area contributed by atoms with Crippen LogP contribution >= 0.6 is 11.6 Å². The molecule has 4 rings (SSSR count). The van der Waals surface area contributed by atoms with E-state index in [-0.39, 0.29) is 32.7 Å². The van der Waals surface area contributed by atoms with Gasteiger partial charge in [-0.25, -0.2) is 0 Å². The van der Waals surface area contributed by atoms with Gasteiger partial charge in [0.15, 0.2) is 0 Å². The van der Waals surface area contributed by atoms with Crippen LogP contribution in [0.4, 0.5) is 0 Å². The number of benzene rings is 2. The third-order valence-corrected chi connectivity index (χ3v) is 4.65. The first-order valence-electron chi connectivity index (χ1n) is 6.97. The standard InChI is InChI=1S/C17H16ClNO.Y/c1-19-9-14-12-4-2-3-5-16(12)20-17-8-11(18)6-7-13(17)15(14)10-19;/h2-8,14-15H,9-10H2,1H3;. The SMILES string of the molecule is CN1CC2c3ccccc3Oc3cc(Cl)ccc3C2C1.[Y]. The van der Waals surface area contributed by atoms with Gasteiger partial charge in [0.1, 0.15) is 11.5 Å². The second-order valence-corrected chi connectivity index (χ2v) is 6.19. The van der Waals surface area contributed by atoms with Gasteiger partial charge in [-0.2, -0.15) is 0 Å². The molecule has 4 heteroatoms. The Hall–Kier alpha value is -0.406. The molecule has 0 aliphatic carbocycles. The summed E-state index contributed by atoms with van der Waals surface area (Å²) in [7, 11) is 2.19. The fourth-order valence-electron chi connectivity index (χ4n) is 3.53. The van der Waals surface area contributed by atoms with Crippen LogP contribution in [0.5, 0.6) is 11.5 Å². The molecule has 0 spiro atoms. The summed E-state index contributed by atoms with van der Waals surface area (Å²) in [6, 6.07) is 14.4. The summed E-state index contributed by atoms with van der Waals surface area (Å²) in [6.07, 6.45) is 0. The zero-order chi connectivity index (χ0) is 13.7. The third-order valence-electron chi connectivity index (χ3n) is 4.42. The van der Waals surface area contributed by atoms with Crippen LogP contribution in [0.3, 0.4) is 0 Å². The van der Waals surface area contributed by atoms with E-state index in [1.807, 2.05) is 18.2 Å². The fourth-order valence-corrected chi connectivity index (χ4v) is 3.69. The second-order valence-electron chi connectivity index (χ2n) is 5.76. The molecule has 0 saturated carbocycles. The largest absolute Gasteiger partial charge is 0.457 e. The van der Waals surface area contributed by atoms with Crippen LogP contribution in [0.2, 0.25) is 5.02 Å². The first-order valence-corrected chi connectivity index (χ1v) is 7.35. The van der Waals surface area contributed by atoms with Crippen molar-refractivity contribution in [1.29, 1.82) is 0 Å². The van der Waals surface area contributed by atoms with E-state index in [0.717, 1.165) is 29.6 Å². The van der Waals surface area contributed by atoms with E-state index >= 15 is 0 Å². The monoisotopic (exact) mass is 374 g/mol. The van der Waals surface area contributed by atoms with E-state index in [1.54, 1.807) is 0 Å². The van der Waals surface area contributed by atoms with Crippen LogP contribution in [0.25, 0.3) is 0 Å². The molecule has 2 unspecified atom stereocenters. The van der Waals surface area contributed by atoms with Crippen LogP contribution in [0, 0.1) is 0 Å². The van der Waals surface area contributed by atoms with E-state index in [9.17, 15) is 0 Å². The smallest absolute Gasteiger partial charge is 0.132 e. The molecule has 0 aromatic heterocycles. The molecule has 1 fully saturated rings. The first kappa shape index (κ1) is 15.5. The number of hydrogen-bond acceptors (Lipinski definition) is 2. The Bertz CT molecular complexity index is 676. The molecule has 2 aliphatic rings. The van der Waals surface area contributed by atoms with Gasteiger partial charge < -0.3 is 9.64 Å². The molecule has 2 nitrogen and oxygen atoms in total. The predicted molar refractivity (Wildman–Crippen MR) is 80.9 cm³/mol. The molecule has 2 heterocycles. The molecule has 0 bridgehead atoms. The molecule has 21 heavy (non-hydrogen) atoms. The minimum Gasteiger partial charge on any atom is -0.457 e. The Morgan fingerprint density at radius 1 is 1.00 bits per heavy atom. The number of hydrogen-bond donors (Lipinski definition) is 0. The maximum absolute atomic E-state index is 6.15. The topological polar surface area (TPSA) is 12.5 Å². The van der Waals surface area contributed by atoms with Gasteiger partial charge in [-0.3, -0.25) is 0 Å². The summed E-state index contributed by atoms with van der Waals surface area (Å²) in [5.41, 5.74) is 2.59. The third kappa shape index (κ3) is 2.68. The molecule has 105 valence electrons. The fraction of sp³-hybridized carbons (Fsp3) is 0.294. The van der Waals surface area contributed by atoms with Crippen molar-refractivity contribution >= 4 is 11.6 Å².